The summed E-state index contributed by atoms with van der Waals surface area (Å²) in [7, 11) is 1.30. The lowest BCUT2D eigenvalue weighted by atomic mass is 10.3. The third-order valence-electron chi connectivity index (χ3n) is 2.05. The van der Waals surface area contributed by atoms with Gasteiger partial charge in [-0.05, 0) is 18.0 Å². The first kappa shape index (κ1) is 14.7. The number of nitrogens with zero attached hydrogens (tertiary/aromatic N) is 2. The van der Waals surface area contributed by atoms with Crippen molar-refractivity contribution in [2.75, 3.05) is 32.2 Å². The fourth-order valence-corrected chi connectivity index (χ4v) is 1.38. The second-order valence-corrected chi connectivity index (χ2v) is 3.77. The van der Waals surface area contributed by atoms with Crippen LogP contribution in [0.4, 0.5) is 5.82 Å². The number of ether oxygens (including phenoxy) is 2. The van der Waals surface area contributed by atoms with E-state index in [2.05, 4.69) is 20.0 Å². The molecule has 0 aliphatic carbocycles. The van der Waals surface area contributed by atoms with Crippen LogP contribution in [-0.2, 0) is 9.47 Å². The summed E-state index contributed by atoms with van der Waals surface area (Å²) in [5.74, 6) is -0.161. The Morgan fingerprint density at radius 1 is 1.50 bits per heavy atom. The van der Waals surface area contributed by atoms with E-state index in [1.165, 1.54) is 13.3 Å². The van der Waals surface area contributed by atoms with E-state index in [4.69, 9.17) is 16.3 Å². The number of rotatable bonds is 7. The van der Waals surface area contributed by atoms with Crippen LogP contribution in [0, 0.1) is 0 Å². The molecule has 6 nitrogen and oxygen atoms in total. The Labute approximate surface area is 111 Å². The Morgan fingerprint density at radius 3 is 2.94 bits per heavy atom. The van der Waals surface area contributed by atoms with Gasteiger partial charge in [0.05, 0.1) is 13.7 Å². The average molecular weight is 274 g/mol. The maximum atomic E-state index is 11.5. The molecule has 0 aliphatic rings. The zero-order valence-corrected chi connectivity index (χ0v) is 11.2. The van der Waals surface area contributed by atoms with Gasteiger partial charge in [-0.1, -0.05) is 6.92 Å². The minimum absolute atomic E-state index is 0.0691. The van der Waals surface area contributed by atoms with E-state index in [0.29, 0.717) is 25.6 Å². The molecule has 0 amide bonds. The Hall–Kier alpha value is -1.40. The van der Waals surface area contributed by atoms with E-state index >= 15 is 0 Å². The molecule has 0 spiro atoms. The second kappa shape index (κ2) is 7.84. The highest BCUT2D eigenvalue weighted by atomic mass is 35.5. The van der Waals surface area contributed by atoms with Crippen LogP contribution in [0.15, 0.2) is 6.20 Å². The molecule has 1 aromatic rings. The molecule has 0 bridgehead atoms. The summed E-state index contributed by atoms with van der Waals surface area (Å²) in [5, 5.41) is 3.04. The number of aromatic nitrogens is 2. The van der Waals surface area contributed by atoms with E-state index in [9.17, 15) is 4.79 Å². The van der Waals surface area contributed by atoms with Gasteiger partial charge in [0, 0.05) is 19.3 Å². The third kappa shape index (κ3) is 4.46. The summed E-state index contributed by atoms with van der Waals surface area (Å²) in [6, 6.07) is 0. The molecule has 0 radical (unpaired) electrons. The molecule has 1 aromatic heterocycles. The van der Waals surface area contributed by atoms with Gasteiger partial charge in [0.2, 0.25) is 5.28 Å². The van der Waals surface area contributed by atoms with Crippen molar-refractivity contribution in [2.45, 2.75) is 13.3 Å². The summed E-state index contributed by atoms with van der Waals surface area (Å²) >= 11 is 5.68. The van der Waals surface area contributed by atoms with Gasteiger partial charge in [0.15, 0.2) is 0 Å². The predicted octanol–water partition coefficient (Wildman–Crippen LogP) is 1.76. The molecule has 100 valence electrons. The number of methoxy groups -OCH3 is 1. The zero-order chi connectivity index (χ0) is 13.4. The van der Waals surface area contributed by atoms with Crippen LogP contribution < -0.4 is 5.32 Å². The fourth-order valence-electron chi connectivity index (χ4n) is 1.24. The van der Waals surface area contributed by atoms with Crippen LogP contribution in [0.5, 0.6) is 0 Å². The molecular weight excluding hydrogens is 258 g/mol. The number of nitrogens with one attached hydrogen (secondary N) is 1. The van der Waals surface area contributed by atoms with Crippen LogP contribution >= 0.6 is 11.6 Å². The van der Waals surface area contributed by atoms with Gasteiger partial charge >= 0.3 is 5.97 Å². The molecule has 7 heteroatoms. The minimum Gasteiger partial charge on any atom is -0.465 e. The lowest BCUT2D eigenvalue weighted by Crippen LogP contribution is -2.15. The molecular formula is C11H16ClN3O3. The van der Waals surface area contributed by atoms with Gasteiger partial charge in [-0.25, -0.2) is 9.78 Å². The predicted molar refractivity (Wildman–Crippen MR) is 68.0 cm³/mol. The van der Waals surface area contributed by atoms with Gasteiger partial charge < -0.3 is 14.8 Å². The van der Waals surface area contributed by atoms with E-state index < -0.39 is 5.97 Å². The Balaban J connectivity index is 2.62. The first-order chi connectivity index (χ1) is 8.69. The number of anilines is 1. The number of halogens is 1. The molecule has 0 atom stereocenters. The summed E-state index contributed by atoms with van der Waals surface area (Å²) in [6.45, 7) is 3.79. The standard InChI is InChI=1S/C11H16ClN3O3/c1-3-5-18-6-4-13-9-8(10(16)17-2)7-14-11(12)15-9/h7H,3-6H2,1-2H3,(H,13,14,15). The molecule has 0 unspecified atom stereocenters. The summed E-state index contributed by atoms with van der Waals surface area (Å²) in [5.41, 5.74) is 0.248. The Morgan fingerprint density at radius 2 is 2.28 bits per heavy atom. The highest BCUT2D eigenvalue weighted by molar-refractivity contribution is 6.28. The van der Waals surface area contributed by atoms with Gasteiger partial charge in [-0.15, -0.1) is 0 Å². The Kier molecular flexibility index (Phi) is 6.38. The largest absolute Gasteiger partial charge is 0.465 e. The molecule has 1 rings (SSSR count). The van der Waals surface area contributed by atoms with Crippen molar-refractivity contribution in [3.63, 3.8) is 0 Å². The van der Waals surface area contributed by atoms with Crippen molar-refractivity contribution < 1.29 is 14.3 Å². The number of esters is 1. The molecule has 0 saturated heterocycles. The van der Waals surface area contributed by atoms with E-state index in [1.807, 2.05) is 6.92 Å². The lowest BCUT2D eigenvalue weighted by Gasteiger charge is -2.09. The van der Waals surface area contributed by atoms with Crippen molar-refractivity contribution in [3.05, 3.63) is 17.0 Å². The van der Waals surface area contributed by atoms with Crippen molar-refractivity contribution in [1.82, 2.24) is 9.97 Å². The van der Waals surface area contributed by atoms with Crippen LogP contribution in [0.1, 0.15) is 23.7 Å². The first-order valence-electron chi connectivity index (χ1n) is 5.61. The molecule has 0 saturated carbocycles. The van der Waals surface area contributed by atoms with Crippen LogP contribution in [0.3, 0.4) is 0 Å². The first-order valence-corrected chi connectivity index (χ1v) is 5.99. The minimum atomic E-state index is -0.511. The van der Waals surface area contributed by atoms with Crippen LogP contribution in [0.25, 0.3) is 0 Å². The molecule has 0 aromatic carbocycles. The lowest BCUT2D eigenvalue weighted by molar-refractivity contribution is 0.0601. The highest BCUT2D eigenvalue weighted by Gasteiger charge is 2.14. The van der Waals surface area contributed by atoms with Gasteiger partial charge in [0.25, 0.3) is 0 Å². The molecule has 1 heterocycles. The molecule has 18 heavy (non-hydrogen) atoms. The third-order valence-corrected chi connectivity index (χ3v) is 2.23. The second-order valence-electron chi connectivity index (χ2n) is 3.43. The maximum absolute atomic E-state index is 11.5. The normalized spacial score (nSPS) is 10.2. The van der Waals surface area contributed by atoms with Gasteiger partial charge in [-0.3, -0.25) is 0 Å². The number of hydrogen-bond donors (Lipinski definition) is 1. The van der Waals surface area contributed by atoms with E-state index in [1.54, 1.807) is 0 Å². The summed E-state index contributed by atoms with van der Waals surface area (Å²) < 4.78 is 9.93. The molecule has 1 N–H and O–H groups in total. The van der Waals surface area contributed by atoms with Crippen molar-refractivity contribution >= 4 is 23.4 Å². The summed E-state index contributed by atoms with van der Waals surface area (Å²) in [4.78, 5) is 19.2. The smallest absolute Gasteiger partial charge is 0.343 e. The van der Waals surface area contributed by atoms with Crippen molar-refractivity contribution in [1.29, 1.82) is 0 Å². The van der Waals surface area contributed by atoms with E-state index in [0.717, 1.165) is 6.42 Å². The number of carbonyl (C=O) groups excluding carboxylic acids is 1. The summed E-state index contributed by atoms with van der Waals surface area (Å²) in [6.07, 6.45) is 2.29. The van der Waals surface area contributed by atoms with Crippen LogP contribution in [-0.4, -0.2) is 42.8 Å². The van der Waals surface area contributed by atoms with Gasteiger partial charge in [0.1, 0.15) is 11.4 Å². The van der Waals surface area contributed by atoms with Crippen molar-refractivity contribution in [2.24, 2.45) is 0 Å². The maximum Gasteiger partial charge on any atom is 0.343 e. The SMILES string of the molecule is CCCOCCNc1nc(Cl)ncc1C(=O)OC. The zero-order valence-electron chi connectivity index (χ0n) is 10.4. The fraction of sp³-hybridized carbons (Fsp3) is 0.545. The Bertz CT molecular complexity index is 401. The topological polar surface area (TPSA) is 73.3 Å². The van der Waals surface area contributed by atoms with Crippen LogP contribution in [0.2, 0.25) is 5.28 Å². The average Bonchev–Trinajstić information content (AvgIpc) is 2.38. The molecule has 0 fully saturated rings. The van der Waals surface area contributed by atoms with Gasteiger partial charge in [-0.2, -0.15) is 4.98 Å². The monoisotopic (exact) mass is 273 g/mol. The molecule has 0 aliphatic heterocycles. The van der Waals surface area contributed by atoms with Crippen molar-refractivity contribution in [3.8, 4) is 0 Å². The highest BCUT2D eigenvalue weighted by Crippen LogP contribution is 2.14. The van der Waals surface area contributed by atoms with E-state index in [-0.39, 0.29) is 10.8 Å². The quantitative estimate of drug-likeness (QED) is 0.464. The number of hydrogen-bond acceptors (Lipinski definition) is 6. The number of carbonyl (C=O) groups is 1.